The standard InChI is InChI=1S/C23H30N2O4S/c1-28-21-9-6-19(7-10-21)23(25-12-14-29-15-13-25)17-24-30(26,27)22-11-8-18-4-2-3-5-20(18)16-22/h6-11,16,23-24H,2-5,12-15,17H2,1H3. The van der Waals surface area contributed by atoms with Crippen molar-refractivity contribution in [3.63, 3.8) is 0 Å². The van der Waals surface area contributed by atoms with Crippen molar-refractivity contribution in [3.8, 4) is 5.75 Å². The predicted molar refractivity (Wildman–Crippen MR) is 116 cm³/mol. The molecule has 4 rings (SSSR count). The maximum Gasteiger partial charge on any atom is 0.240 e. The lowest BCUT2D eigenvalue weighted by molar-refractivity contribution is 0.0172. The van der Waals surface area contributed by atoms with Crippen LogP contribution in [-0.4, -0.2) is 53.3 Å². The molecule has 0 saturated carbocycles. The van der Waals surface area contributed by atoms with Crippen LogP contribution in [0, 0.1) is 0 Å². The number of aryl methyl sites for hydroxylation is 2. The molecule has 7 heteroatoms. The van der Waals surface area contributed by atoms with Gasteiger partial charge in [0.25, 0.3) is 0 Å². The van der Waals surface area contributed by atoms with E-state index in [0.717, 1.165) is 43.7 Å². The monoisotopic (exact) mass is 430 g/mol. The molecule has 1 fully saturated rings. The van der Waals surface area contributed by atoms with Crippen LogP contribution >= 0.6 is 0 Å². The summed E-state index contributed by atoms with van der Waals surface area (Å²) >= 11 is 0. The molecule has 1 saturated heterocycles. The van der Waals surface area contributed by atoms with Gasteiger partial charge in [0.05, 0.1) is 25.2 Å². The summed E-state index contributed by atoms with van der Waals surface area (Å²) in [6.07, 6.45) is 4.31. The van der Waals surface area contributed by atoms with Gasteiger partial charge in [0.15, 0.2) is 0 Å². The Labute approximate surface area is 179 Å². The third kappa shape index (κ3) is 4.86. The van der Waals surface area contributed by atoms with Gasteiger partial charge in [-0.15, -0.1) is 0 Å². The van der Waals surface area contributed by atoms with E-state index in [1.165, 1.54) is 17.5 Å². The summed E-state index contributed by atoms with van der Waals surface area (Å²) in [5.41, 5.74) is 3.51. The van der Waals surface area contributed by atoms with Gasteiger partial charge in [-0.25, -0.2) is 13.1 Å². The first-order chi connectivity index (χ1) is 14.6. The summed E-state index contributed by atoms with van der Waals surface area (Å²) in [5, 5.41) is 0. The van der Waals surface area contributed by atoms with E-state index in [9.17, 15) is 8.42 Å². The van der Waals surface area contributed by atoms with Gasteiger partial charge in [-0.2, -0.15) is 0 Å². The van der Waals surface area contributed by atoms with Crippen molar-refractivity contribution in [1.82, 2.24) is 9.62 Å². The van der Waals surface area contributed by atoms with E-state index in [1.807, 2.05) is 36.4 Å². The lowest BCUT2D eigenvalue weighted by Gasteiger charge is -2.35. The second-order valence-electron chi connectivity index (χ2n) is 7.93. The summed E-state index contributed by atoms with van der Waals surface area (Å²) < 4.78 is 39.7. The zero-order valence-electron chi connectivity index (χ0n) is 17.5. The van der Waals surface area contributed by atoms with Gasteiger partial charge in [-0.1, -0.05) is 18.2 Å². The Morgan fingerprint density at radius 2 is 1.73 bits per heavy atom. The highest BCUT2D eigenvalue weighted by atomic mass is 32.2. The number of ether oxygens (including phenoxy) is 2. The molecule has 1 unspecified atom stereocenters. The SMILES string of the molecule is COc1ccc(C(CNS(=O)(=O)c2ccc3c(c2)CCCC3)N2CCOCC2)cc1. The Hall–Kier alpha value is -1.93. The van der Waals surface area contributed by atoms with Gasteiger partial charge in [-0.3, -0.25) is 4.90 Å². The Balaban J connectivity index is 1.53. The Kier molecular flexibility index (Phi) is 6.73. The molecule has 1 heterocycles. The number of hydrogen-bond donors (Lipinski definition) is 1. The first-order valence-corrected chi connectivity index (χ1v) is 12.1. The Morgan fingerprint density at radius 3 is 2.43 bits per heavy atom. The fourth-order valence-corrected chi connectivity index (χ4v) is 5.41. The zero-order valence-corrected chi connectivity index (χ0v) is 18.3. The van der Waals surface area contributed by atoms with Crippen LogP contribution in [0.1, 0.15) is 35.6 Å². The second kappa shape index (κ2) is 9.47. The number of hydrogen-bond acceptors (Lipinski definition) is 5. The molecular formula is C23H30N2O4S. The first-order valence-electron chi connectivity index (χ1n) is 10.6. The van der Waals surface area contributed by atoms with E-state index in [-0.39, 0.29) is 6.04 Å². The molecule has 2 aromatic carbocycles. The highest BCUT2D eigenvalue weighted by Gasteiger charge is 2.25. The third-order valence-electron chi connectivity index (χ3n) is 6.08. The molecule has 162 valence electrons. The number of rotatable bonds is 7. The highest BCUT2D eigenvalue weighted by molar-refractivity contribution is 7.89. The molecule has 6 nitrogen and oxygen atoms in total. The number of morpholine rings is 1. The molecule has 1 aliphatic carbocycles. The molecular weight excluding hydrogens is 400 g/mol. The molecule has 1 atom stereocenters. The van der Waals surface area contributed by atoms with Gasteiger partial charge in [-0.05, 0) is 66.6 Å². The van der Waals surface area contributed by atoms with Crippen LogP contribution in [0.2, 0.25) is 0 Å². The number of sulfonamides is 1. The molecule has 2 aliphatic rings. The van der Waals surface area contributed by atoms with Crippen molar-refractivity contribution in [1.29, 1.82) is 0 Å². The van der Waals surface area contributed by atoms with Crippen LogP contribution < -0.4 is 9.46 Å². The Bertz CT molecular complexity index is 954. The topological polar surface area (TPSA) is 67.9 Å². The van der Waals surface area contributed by atoms with Crippen molar-refractivity contribution < 1.29 is 17.9 Å². The van der Waals surface area contributed by atoms with Crippen LogP contribution in [0.5, 0.6) is 5.75 Å². The lowest BCUT2D eigenvalue weighted by atomic mass is 9.92. The molecule has 0 aromatic heterocycles. The summed E-state index contributed by atoms with van der Waals surface area (Å²) in [7, 11) is -1.94. The number of nitrogens with zero attached hydrogens (tertiary/aromatic N) is 1. The number of fused-ring (bicyclic) bond motifs is 1. The van der Waals surface area contributed by atoms with E-state index in [1.54, 1.807) is 13.2 Å². The molecule has 1 N–H and O–H groups in total. The normalized spacial score (nSPS) is 18.6. The number of nitrogens with one attached hydrogen (secondary N) is 1. The molecule has 2 aromatic rings. The molecule has 0 amide bonds. The first kappa shape index (κ1) is 21.3. The molecule has 0 spiro atoms. The molecule has 0 radical (unpaired) electrons. The predicted octanol–water partition coefficient (Wildman–Crippen LogP) is 2.93. The summed E-state index contributed by atoms with van der Waals surface area (Å²) in [5.74, 6) is 0.786. The van der Waals surface area contributed by atoms with Gasteiger partial charge in [0, 0.05) is 25.7 Å². The minimum atomic E-state index is -3.58. The lowest BCUT2D eigenvalue weighted by Crippen LogP contribution is -2.43. The third-order valence-corrected chi connectivity index (χ3v) is 7.51. The average molecular weight is 431 g/mol. The van der Waals surface area contributed by atoms with Crippen molar-refractivity contribution in [2.24, 2.45) is 0 Å². The van der Waals surface area contributed by atoms with Gasteiger partial charge >= 0.3 is 0 Å². The molecule has 0 bridgehead atoms. The van der Waals surface area contributed by atoms with Crippen molar-refractivity contribution in [3.05, 3.63) is 59.2 Å². The quantitative estimate of drug-likeness (QED) is 0.732. The van der Waals surface area contributed by atoms with Crippen LogP contribution in [-0.2, 0) is 27.6 Å². The highest BCUT2D eigenvalue weighted by Crippen LogP contribution is 2.26. The van der Waals surface area contributed by atoms with E-state index < -0.39 is 10.0 Å². The van der Waals surface area contributed by atoms with Gasteiger partial charge < -0.3 is 9.47 Å². The van der Waals surface area contributed by atoms with E-state index in [0.29, 0.717) is 24.7 Å². The fourth-order valence-electron chi connectivity index (χ4n) is 4.32. The van der Waals surface area contributed by atoms with E-state index >= 15 is 0 Å². The van der Waals surface area contributed by atoms with Crippen LogP contribution in [0.3, 0.4) is 0 Å². The van der Waals surface area contributed by atoms with Gasteiger partial charge in [0.1, 0.15) is 5.75 Å². The smallest absolute Gasteiger partial charge is 0.240 e. The average Bonchev–Trinajstić information content (AvgIpc) is 2.80. The van der Waals surface area contributed by atoms with Crippen LogP contribution in [0.4, 0.5) is 0 Å². The van der Waals surface area contributed by atoms with Crippen LogP contribution in [0.25, 0.3) is 0 Å². The largest absolute Gasteiger partial charge is 0.497 e. The summed E-state index contributed by atoms with van der Waals surface area (Å²) in [6, 6.07) is 13.4. The minimum absolute atomic E-state index is 0.0628. The van der Waals surface area contributed by atoms with Crippen molar-refractivity contribution in [2.45, 2.75) is 36.6 Å². The second-order valence-corrected chi connectivity index (χ2v) is 9.69. The maximum atomic E-state index is 13.1. The summed E-state index contributed by atoms with van der Waals surface area (Å²) in [6.45, 7) is 3.18. The molecule has 1 aliphatic heterocycles. The van der Waals surface area contributed by atoms with Crippen molar-refractivity contribution in [2.75, 3.05) is 40.0 Å². The van der Waals surface area contributed by atoms with Crippen molar-refractivity contribution >= 4 is 10.0 Å². The zero-order chi connectivity index (χ0) is 21.0. The van der Waals surface area contributed by atoms with E-state index in [2.05, 4.69) is 9.62 Å². The van der Waals surface area contributed by atoms with Gasteiger partial charge in [0.2, 0.25) is 10.0 Å². The fraction of sp³-hybridized carbons (Fsp3) is 0.478. The summed E-state index contributed by atoms with van der Waals surface area (Å²) in [4.78, 5) is 2.64. The van der Waals surface area contributed by atoms with Crippen LogP contribution in [0.15, 0.2) is 47.4 Å². The Morgan fingerprint density at radius 1 is 1.03 bits per heavy atom. The number of methoxy groups -OCH3 is 1. The minimum Gasteiger partial charge on any atom is -0.497 e. The maximum absolute atomic E-state index is 13.1. The number of benzene rings is 2. The van der Waals surface area contributed by atoms with E-state index in [4.69, 9.17) is 9.47 Å². The molecule has 30 heavy (non-hydrogen) atoms.